The van der Waals surface area contributed by atoms with Crippen LogP contribution in [-0.2, 0) is 4.79 Å². The van der Waals surface area contributed by atoms with E-state index in [1.54, 1.807) is 13.2 Å². The number of rotatable bonds is 9. The first-order valence-corrected chi connectivity index (χ1v) is 8.09. The van der Waals surface area contributed by atoms with E-state index in [9.17, 15) is 9.18 Å². The van der Waals surface area contributed by atoms with Crippen molar-refractivity contribution in [2.24, 2.45) is 0 Å². The SMILES string of the molecule is CC[C@@H](Oc1ccc(F)cc1)C(=O)NCCOc1cccc(OC)c1. The van der Waals surface area contributed by atoms with E-state index in [4.69, 9.17) is 14.2 Å². The zero-order valence-corrected chi connectivity index (χ0v) is 14.3. The molecular weight excluding hydrogens is 325 g/mol. The summed E-state index contributed by atoms with van der Waals surface area (Å²) in [5.74, 6) is 1.25. The number of benzene rings is 2. The predicted octanol–water partition coefficient (Wildman–Crippen LogP) is 3.19. The van der Waals surface area contributed by atoms with Crippen molar-refractivity contribution in [3.63, 3.8) is 0 Å². The van der Waals surface area contributed by atoms with Gasteiger partial charge in [-0.3, -0.25) is 4.79 Å². The first kappa shape index (κ1) is 18.6. The highest BCUT2D eigenvalue weighted by Gasteiger charge is 2.17. The lowest BCUT2D eigenvalue weighted by molar-refractivity contribution is -0.128. The average Bonchev–Trinajstić information content (AvgIpc) is 2.64. The molecule has 0 bridgehead atoms. The fourth-order valence-corrected chi connectivity index (χ4v) is 2.15. The molecule has 0 saturated heterocycles. The standard InChI is InChI=1S/C19H22FNO4/c1-3-18(25-15-9-7-14(20)8-10-15)19(22)21-11-12-24-17-6-4-5-16(13-17)23-2/h4-10,13,18H,3,11-12H2,1-2H3,(H,21,22)/t18-/m1/s1. The summed E-state index contributed by atoms with van der Waals surface area (Å²) in [6.07, 6.45) is -0.137. The Balaban J connectivity index is 1.76. The van der Waals surface area contributed by atoms with Crippen LogP contribution in [0.1, 0.15) is 13.3 Å². The van der Waals surface area contributed by atoms with Gasteiger partial charge in [0, 0.05) is 6.07 Å². The number of carbonyl (C=O) groups is 1. The summed E-state index contributed by atoms with van der Waals surface area (Å²) in [5.41, 5.74) is 0. The predicted molar refractivity (Wildman–Crippen MR) is 92.6 cm³/mol. The van der Waals surface area contributed by atoms with Crippen molar-refractivity contribution in [3.05, 3.63) is 54.3 Å². The van der Waals surface area contributed by atoms with E-state index in [1.165, 1.54) is 24.3 Å². The number of carbonyl (C=O) groups excluding carboxylic acids is 1. The van der Waals surface area contributed by atoms with Crippen LogP contribution in [0.5, 0.6) is 17.2 Å². The Hall–Kier alpha value is -2.76. The number of halogens is 1. The minimum atomic E-state index is -0.637. The third kappa shape index (κ3) is 5.99. The fraction of sp³-hybridized carbons (Fsp3) is 0.316. The van der Waals surface area contributed by atoms with Crippen LogP contribution in [0.15, 0.2) is 48.5 Å². The topological polar surface area (TPSA) is 56.8 Å². The molecule has 0 radical (unpaired) electrons. The molecule has 0 aliphatic rings. The molecule has 0 fully saturated rings. The molecular formula is C19H22FNO4. The van der Waals surface area contributed by atoms with Crippen LogP contribution < -0.4 is 19.5 Å². The van der Waals surface area contributed by atoms with E-state index in [2.05, 4.69) is 5.32 Å². The van der Waals surface area contributed by atoms with Gasteiger partial charge in [0.05, 0.1) is 13.7 Å². The molecule has 25 heavy (non-hydrogen) atoms. The van der Waals surface area contributed by atoms with E-state index in [-0.39, 0.29) is 11.7 Å². The zero-order valence-electron chi connectivity index (χ0n) is 14.3. The highest BCUT2D eigenvalue weighted by molar-refractivity contribution is 5.81. The van der Waals surface area contributed by atoms with Gasteiger partial charge in [-0.05, 0) is 42.8 Å². The van der Waals surface area contributed by atoms with Gasteiger partial charge in [0.2, 0.25) is 0 Å². The number of methoxy groups -OCH3 is 1. The third-order valence-corrected chi connectivity index (χ3v) is 3.47. The minimum absolute atomic E-state index is 0.235. The Morgan fingerprint density at radius 2 is 1.84 bits per heavy atom. The Morgan fingerprint density at radius 1 is 1.12 bits per heavy atom. The monoisotopic (exact) mass is 347 g/mol. The maximum Gasteiger partial charge on any atom is 0.261 e. The van der Waals surface area contributed by atoms with Crippen LogP contribution in [0.25, 0.3) is 0 Å². The average molecular weight is 347 g/mol. The zero-order chi connectivity index (χ0) is 18.1. The summed E-state index contributed by atoms with van der Waals surface area (Å²) >= 11 is 0. The van der Waals surface area contributed by atoms with Crippen molar-refractivity contribution in [2.45, 2.75) is 19.4 Å². The van der Waals surface area contributed by atoms with E-state index < -0.39 is 6.10 Å². The number of hydrogen-bond donors (Lipinski definition) is 1. The fourth-order valence-electron chi connectivity index (χ4n) is 2.15. The number of hydrogen-bond acceptors (Lipinski definition) is 4. The molecule has 6 heteroatoms. The summed E-state index contributed by atoms with van der Waals surface area (Å²) in [4.78, 5) is 12.2. The normalized spacial score (nSPS) is 11.5. The molecule has 0 aromatic heterocycles. The molecule has 0 saturated carbocycles. The molecule has 2 aromatic carbocycles. The second-order valence-corrected chi connectivity index (χ2v) is 5.29. The molecule has 0 unspecified atom stereocenters. The quantitative estimate of drug-likeness (QED) is 0.708. The Labute approximate surface area is 146 Å². The summed E-state index contributed by atoms with van der Waals surface area (Å²) in [5, 5.41) is 2.77. The van der Waals surface area contributed by atoms with Crippen molar-refractivity contribution < 1.29 is 23.4 Å². The van der Waals surface area contributed by atoms with E-state index in [1.807, 2.05) is 25.1 Å². The summed E-state index contributed by atoms with van der Waals surface area (Å²) in [6, 6.07) is 12.8. The minimum Gasteiger partial charge on any atom is -0.497 e. The second-order valence-electron chi connectivity index (χ2n) is 5.29. The van der Waals surface area contributed by atoms with Crippen molar-refractivity contribution in [1.82, 2.24) is 5.32 Å². The van der Waals surface area contributed by atoms with E-state index in [0.717, 1.165) is 0 Å². The first-order chi connectivity index (χ1) is 12.1. The molecule has 2 aromatic rings. The molecule has 2 rings (SSSR count). The Kier molecular flexibility index (Phi) is 7.07. The van der Waals surface area contributed by atoms with Crippen molar-refractivity contribution in [2.75, 3.05) is 20.3 Å². The first-order valence-electron chi connectivity index (χ1n) is 8.09. The maximum atomic E-state index is 12.9. The van der Waals surface area contributed by atoms with Gasteiger partial charge in [0.1, 0.15) is 29.7 Å². The summed E-state index contributed by atoms with van der Waals surface area (Å²) in [7, 11) is 1.59. The van der Waals surface area contributed by atoms with Crippen LogP contribution >= 0.6 is 0 Å². The van der Waals surface area contributed by atoms with Gasteiger partial charge in [0.25, 0.3) is 5.91 Å². The Bertz CT molecular complexity index is 675. The van der Waals surface area contributed by atoms with E-state index in [0.29, 0.717) is 36.8 Å². The van der Waals surface area contributed by atoms with Gasteiger partial charge in [-0.15, -0.1) is 0 Å². The molecule has 0 aliphatic heterocycles. The smallest absolute Gasteiger partial charge is 0.261 e. The lowest BCUT2D eigenvalue weighted by atomic mass is 10.2. The largest absolute Gasteiger partial charge is 0.497 e. The molecule has 0 aliphatic carbocycles. The molecule has 1 amide bonds. The number of amides is 1. The lowest BCUT2D eigenvalue weighted by Crippen LogP contribution is -2.39. The second kappa shape index (κ2) is 9.52. The van der Waals surface area contributed by atoms with Gasteiger partial charge in [-0.1, -0.05) is 13.0 Å². The van der Waals surface area contributed by atoms with Crippen LogP contribution in [0.3, 0.4) is 0 Å². The van der Waals surface area contributed by atoms with Crippen LogP contribution in [0, 0.1) is 5.82 Å². The maximum absolute atomic E-state index is 12.9. The molecule has 1 atom stereocenters. The van der Waals surface area contributed by atoms with Crippen molar-refractivity contribution >= 4 is 5.91 Å². The van der Waals surface area contributed by atoms with Crippen LogP contribution in [0.2, 0.25) is 0 Å². The molecule has 0 heterocycles. The summed E-state index contributed by atoms with van der Waals surface area (Å²) in [6.45, 7) is 2.52. The third-order valence-electron chi connectivity index (χ3n) is 3.47. The molecule has 1 N–H and O–H groups in total. The number of ether oxygens (including phenoxy) is 3. The van der Waals surface area contributed by atoms with Crippen molar-refractivity contribution in [1.29, 1.82) is 0 Å². The highest BCUT2D eigenvalue weighted by Crippen LogP contribution is 2.18. The summed E-state index contributed by atoms with van der Waals surface area (Å²) < 4.78 is 29.2. The van der Waals surface area contributed by atoms with Gasteiger partial charge in [0.15, 0.2) is 6.10 Å². The Morgan fingerprint density at radius 3 is 2.52 bits per heavy atom. The van der Waals surface area contributed by atoms with Crippen molar-refractivity contribution in [3.8, 4) is 17.2 Å². The lowest BCUT2D eigenvalue weighted by Gasteiger charge is -2.17. The van der Waals surface area contributed by atoms with Gasteiger partial charge in [-0.2, -0.15) is 0 Å². The molecule has 5 nitrogen and oxygen atoms in total. The van der Waals surface area contributed by atoms with E-state index >= 15 is 0 Å². The number of nitrogens with one attached hydrogen (secondary N) is 1. The van der Waals surface area contributed by atoms with Crippen LogP contribution in [0.4, 0.5) is 4.39 Å². The van der Waals surface area contributed by atoms with Crippen LogP contribution in [-0.4, -0.2) is 32.3 Å². The van der Waals surface area contributed by atoms with Gasteiger partial charge < -0.3 is 19.5 Å². The molecule has 0 spiro atoms. The van der Waals surface area contributed by atoms with Gasteiger partial charge in [-0.25, -0.2) is 4.39 Å². The highest BCUT2D eigenvalue weighted by atomic mass is 19.1. The van der Waals surface area contributed by atoms with Gasteiger partial charge >= 0.3 is 0 Å². The molecule has 134 valence electrons.